The molecule has 1 saturated heterocycles. The zero-order valence-electron chi connectivity index (χ0n) is 12.3. The first kappa shape index (κ1) is 14.6. The second-order valence-corrected chi connectivity index (χ2v) is 5.93. The molecule has 3 rings (SSSR count). The summed E-state index contributed by atoms with van der Waals surface area (Å²) in [5.41, 5.74) is 2.85. The number of carbonyl (C=O) groups excluding carboxylic acids is 2. The molecule has 1 aromatic carbocycles. The molecule has 1 aromatic rings. The summed E-state index contributed by atoms with van der Waals surface area (Å²) in [6, 6.07) is 5.57. The van der Waals surface area contributed by atoms with E-state index >= 15 is 0 Å². The molecule has 6 nitrogen and oxygen atoms in total. The van der Waals surface area contributed by atoms with E-state index in [9.17, 15) is 14.4 Å². The Morgan fingerprint density at radius 2 is 2.14 bits per heavy atom. The Morgan fingerprint density at radius 3 is 2.82 bits per heavy atom. The number of benzene rings is 1. The van der Waals surface area contributed by atoms with Crippen molar-refractivity contribution in [1.29, 1.82) is 0 Å². The summed E-state index contributed by atoms with van der Waals surface area (Å²) in [5.74, 6) is -1.64. The molecule has 0 aliphatic carbocycles. The smallest absolute Gasteiger partial charge is 0.308 e. The van der Waals surface area contributed by atoms with Gasteiger partial charge in [0, 0.05) is 25.1 Å². The molecular weight excluding hydrogens is 284 g/mol. The van der Waals surface area contributed by atoms with Gasteiger partial charge in [0.25, 0.3) is 0 Å². The van der Waals surface area contributed by atoms with Crippen molar-refractivity contribution >= 4 is 23.5 Å². The summed E-state index contributed by atoms with van der Waals surface area (Å²) in [7, 11) is 0. The SMILES string of the molecule is C[C@@H](c1ccc2c(c1)CCC(=O)N2)N1C[C@@H](C(=O)O)CC1=O. The lowest BCUT2D eigenvalue weighted by molar-refractivity contribution is -0.141. The van der Waals surface area contributed by atoms with Crippen LogP contribution in [0.2, 0.25) is 0 Å². The van der Waals surface area contributed by atoms with Crippen molar-refractivity contribution in [3.05, 3.63) is 29.3 Å². The topological polar surface area (TPSA) is 86.7 Å². The third kappa shape index (κ3) is 2.56. The number of anilines is 1. The lowest BCUT2D eigenvalue weighted by Crippen LogP contribution is -2.29. The Morgan fingerprint density at radius 1 is 1.36 bits per heavy atom. The Labute approximate surface area is 128 Å². The van der Waals surface area contributed by atoms with Crippen LogP contribution in [-0.4, -0.2) is 34.3 Å². The number of aliphatic carboxylic acids is 1. The highest BCUT2D eigenvalue weighted by Crippen LogP contribution is 2.32. The Bertz CT molecular complexity index is 656. The number of aryl methyl sites for hydroxylation is 1. The van der Waals surface area contributed by atoms with E-state index in [-0.39, 0.29) is 30.8 Å². The van der Waals surface area contributed by atoms with Gasteiger partial charge in [0.1, 0.15) is 0 Å². The van der Waals surface area contributed by atoms with Gasteiger partial charge in [-0.2, -0.15) is 0 Å². The fourth-order valence-electron chi connectivity index (χ4n) is 3.11. The van der Waals surface area contributed by atoms with Gasteiger partial charge in [0.2, 0.25) is 11.8 Å². The molecule has 0 spiro atoms. The first-order chi connectivity index (χ1) is 10.5. The number of rotatable bonds is 3. The van der Waals surface area contributed by atoms with Gasteiger partial charge < -0.3 is 15.3 Å². The lowest BCUT2D eigenvalue weighted by Gasteiger charge is -2.26. The van der Waals surface area contributed by atoms with Gasteiger partial charge >= 0.3 is 5.97 Å². The van der Waals surface area contributed by atoms with Crippen molar-refractivity contribution in [2.24, 2.45) is 5.92 Å². The molecule has 2 atom stereocenters. The molecule has 6 heteroatoms. The minimum atomic E-state index is -0.920. The fraction of sp³-hybridized carbons (Fsp3) is 0.438. The van der Waals surface area contributed by atoms with Gasteiger partial charge in [0.05, 0.1) is 12.0 Å². The largest absolute Gasteiger partial charge is 0.481 e. The minimum Gasteiger partial charge on any atom is -0.481 e. The number of hydrogen-bond donors (Lipinski definition) is 2. The number of amides is 2. The van der Waals surface area contributed by atoms with Crippen molar-refractivity contribution in [3.8, 4) is 0 Å². The molecule has 2 aliphatic rings. The van der Waals surface area contributed by atoms with E-state index < -0.39 is 11.9 Å². The fourth-order valence-corrected chi connectivity index (χ4v) is 3.11. The number of nitrogens with zero attached hydrogens (tertiary/aromatic N) is 1. The summed E-state index contributed by atoms with van der Waals surface area (Å²) >= 11 is 0. The van der Waals surface area contributed by atoms with Gasteiger partial charge in [-0.1, -0.05) is 12.1 Å². The van der Waals surface area contributed by atoms with Gasteiger partial charge in [-0.15, -0.1) is 0 Å². The number of likely N-dealkylation sites (tertiary alicyclic amines) is 1. The molecule has 116 valence electrons. The van der Waals surface area contributed by atoms with Crippen LogP contribution < -0.4 is 5.32 Å². The first-order valence-electron chi connectivity index (χ1n) is 7.40. The van der Waals surface area contributed by atoms with Crippen molar-refractivity contribution in [3.63, 3.8) is 0 Å². The Balaban J connectivity index is 1.81. The van der Waals surface area contributed by atoms with Gasteiger partial charge in [-0.3, -0.25) is 14.4 Å². The molecule has 0 unspecified atom stereocenters. The summed E-state index contributed by atoms with van der Waals surface area (Å²) < 4.78 is 0. The van der Waals surface area contributed by atoms with E-state index in [0.29, 0.717) is 12.8 Å². The van der Waals surface area contributed by atoms with Crippen molar-refractivity contribution < 1.29 is 19.5 Å². The monoisotopic (exact) mass is 302 g/mol. The average Bonchev–Trinajstić information content (AvgIpc) is 2.88. The first-order valence-corrected chi connectivity index (χ1v) is 7.40. The van der Waals surface area contributed by atoms with E-state index in [1.54, 1.807) is 4.90 Å². The molecule has 0 bridgehead atoms. The third-order valence-corrected chi connectivity index (χ3v) is 4.48. The number of carboxylic acid groups (broad SMARTS) is 1. The van der Waals surface area contributed by atoms with Gasteiger partial charge in [-0.25, -0.2) is 0 Å². The molecule has 2 amide bonds. The molecule has 2 aliphatic heterocycles. The Kier molecular flexibility index (Phi) is 3.60. The third-order valence-electron chi connectivity index (χ3n) is 4.48. The summed E-state index contributed by atoms with van der Waals surface area (Å²) in [6.45, 7) is 2.16. The normalized spacial score (nSPS) is 22.2. The van der Waals surface area contributed by atoms with Crippen LogP contribution >= 0.6 is 0 Å². The van der Waals surface area contributed by atoms with Crippen LogP contribution in [0.25, 0.3) is 0 Å². The van der Waals surface area contributed by atoms with Crippen LogP contribution in [0, 0.1) is 5.92 Å². The van der Waals surface area contributed by atoms with Crippen LogP contribution in [0.1, 0.15) is 36.9 Å². The van der Waals surface area contributed by atoms with Crippen molar-refractivity contribution in [2.45, 2.75) is 32.2 Å². The maximum atomic E-state index is 12.0. The van der Waals surface area contributed by atoms with Gasteiger partial charge in [0.15, 0.2) is 0 Å². The molecule has 0 aromatic heterocycles. The van der Waals surface area contributed by atoms with Crippen LogP contribution in [0.4, 0.5) is 5.69 Å². The van der Waals surface area contributed by atoms with E-state index in [0.717, 1.165) is 16.8 Å². The van der Waals surface area contributed by atoms with E-state index in [4.69, 9.17) is 5.11 Å². The summed E-state index contributed by atoms with van der Waals surface area (Å²) in [4.78, 5) is 36.1. The Hall–Kier alpha value is -2.37. The molecule has 1 fully saturated rings. The number of carboxylic acids is 1. The maximum absolute atomic E-state index is 12.0. The van der Waals surface area contributed by atoms with Crippen LogP contribution in [0.5, 0.6) is 0 Å². The number of nitrogens with one attached hydrogen (secondary N) is 1. The highest BCUT2D eigenvalue weighted by atomic mass is 16.4. The summed E-state index contributed by atoms with van der Waals surface area (Å²) in [6.07, 6.45) is 1.22. The van der Waals surface area contributed by atoms with E-state index in [1.807, 2.05) is 25.1 Å². The van der Waals surface area contributed by atoms with Crippen molar-refractivity contribution in [2.75, 3.05) is 11.9 Å². The van der Waals surface area contributed by atoms with Crippen LogP contribution in [0.3, 0.4) is 0 Å². The number of fused-ring (bicyclic) bond motifs is 1. The summed E-state index contributed by atoms with van der Waals surface area (Å²) in [5, 5.41) is 11.9. The lowest BCUT2D eigenvalue weighted by atomic mass is 9.97. The molecule has 0 saturated carbocycles. The average molecular weight is 302 g/mol. The minimum absolute atomic E-state index is 0.0207. The quantitative estimate of drug-likeness (QED) is 0.887. The molecule has 22 heavy (non-hydrogen) atoms. The molecule has 2 N–H and O–H groups in total. The second kappa shape index (κ2) is 5.44. The predicted octanol–water partition coefficient (Wildman–Crippen LogP) is 1.57. The highest BCUT2D eigenvalue weighted by Gasteiger charge is 2.37. The number of carbonyl (C=O) groups is 3. The van der Waals surface area contributed by atoms with E-state index in [2.05, 4.69) is 5.32 Å². The predicted molar refractivity (Wildman–Crippen MR) is 79.3 cm³/mol. The van der Waals surface area contributed by atoms with E-state index in [1.165, 1.54) is 0 Å². The molecule has 2 heterocycles. The zero-order chi connectivity index (χ0) is 15.9. The van der Waals surface area contributed by atoms with Crippen molar-refractivity contribution in [1.82, 2.24) is 4.90 Å². The molecular formula is C16H18N2O4. The second-order valence-electron chi connectivity index (χ2n) is 5.93. The van der Waals surface area contributed by atoms with Gasteiger partial charge in [-0.05, 0) is 30.5 Å². The van der Waals surface area contributed by atoms with Crippen LogP contribution in [0.15, 0.2) is 18.2 Å². The highest BCUT2D eigenvalue weighted by molar-refractivity contribution is 5.94. The van der Waals surface area contributed by atoms with Crippen LogP contribution in [-0.2, 0) is 20.8 Å². The number of hydrogen-bond acceptors (Lipinski definition) is 3. The standard InChI is InChI=1S/C16H18N2O4/c1-9(18-8-12(16(21)22)7-15(18)20)10-2-4-13-11(6-10)3-5-14(19)17-13/h2,4,6,9,12H,3,5,7-8H2,1H3,(H,17,19)(H,21,22)/t9-,12-/m0/s1. The zero-order valence-corrected chi connectivity index (χ0v) is 12.3. The maximum Gasteiger partial charge on any atom is 0.308 e. The molecule has 0 radical (unpaired) electrons.